The van der Waals surface area contributed by atoms with Gasteiger partial charge in [0.1, 0.15) is 0 Å². The molecular formula is C16H22ClN3O3. The molecule has 2 atom stereocenters. The first-order valence-corrected chi connectivity index (χ1v) is 7.51. The molecule has 126 valence electrons. The number of halogens is 1. The predicted molar refractivity (Wildman–Crippen MR) is 90.8 cm³/mol. The van der Waals surface area contributed by atoms with Gasteiger partial charge in [0.25, 0.3) is 0 Å². The smallest absolute Gasteiger partial charge is 0.237 e. The topological polar surface area (TPSA) is 89.4 Å². The van der Waals surface area contributed by atoms with Crippen LogP contribution in [0, 0.1) is 0 Å². The van der Waals surface area contributed by atoms with Crippen molar-refractivity contribution in [1.29, 1.82) is 0 Å². The lowest BCUT2D eigenvalue weighted by molar-refractivity contribution is -0.125. The van der Waals surface area contributed by atoms with Crippen LogP contribution in [0.3, 0.4) is 0 Å². The Morgan fingerprint density at radius 1 is 1.39 bits per heavy atom. The van der Waals surface area contributed by atoms with Crippen molar-refractivity contribution in [2.45, 2.75) is 18.6 Å². The van der Waals surface area contributed by atoms with Crippen molar-refractivity contribution in [3.63, 3.8) is 0 Å². The van der Waals surface area contributed by atoms with Crippen molar-refractivity contribution in [1.82, 2.24) is 10.3 Å². The van der Waals surface area contributed by atoms with Gasteiger partial charge in [-0.25, -0.2) is 0 Å². The molecule has 7 heteroatoms. The zero-order valence-corrected chi connectivity index (χ0v) is 13.6. The molecule has 3 rings (SSSR count). The van der Waals surface area contributed by atoms with Crippen molar-refractivity contribution >= 4 is 29.2 Å². The van der Waals surface area contributed by atoms with Crippen LogP contribution in [0.15, 0.2) is 30.5 Å². The van der Waals surface area contributed by atoms with E-state index in [4.69, 9.17) is 15.2 Å². The van der Waals surface area contributed by atoms with Crippen LogP contribution >= 0.6 is 12.4 Å². The summed E-state index contributed by atoms with van der Waals surface area (Å²) in [6.07, 6.45) is 2.33. The van der Waals surface area contributed by atoms with Crippen LogP contribution in [0.5, 0.6) is 0 Å². The molecule has 1 aromatic carbocycles. The summed E-state index contributed by atoms with van der Waals surface area (Å²) in [6.45, 7) is 2.13. The first-order chi connectivity index (χ1) is 10.7. The molecule has 1 unspecified atom stereocenters. The number of amides is 1. The Bertz CT molecular complexity index is 640. The van der Waals surface area contributed by atoms with Gasteiger partial charge in [0.2, 0.25) is 5.91 Å². The van der Waals surface area contributed by atoms with E-state index in [9.17, 15) is 4.79 Å². The van der Waals surface area contributed by atoms with Crippen LogP contribution in [0.1, 0.15) is 5.56 Å². The van der Waals surface area contributed by atoms with E-state index in [0.29, 0.717) is 32.8 Å². The Hall–Kier alpha value is -1.60. The van der Waals surface area contributed by atoms with Crippen LogP contribution in [-0.4, -0.2) is 49.4 Å². The molecule has 1 aliphatic heterocycles. The van der Waals surface area contributed by atoms with Gasteiger partial charge in [0.05, 0.1) is 32.0 Å². The summed E-state index contributed by atoms with van der Waals surface area (Å²) in [5.41, 5.74) is 8.12. The number of hydrogen-bond acceptors (Lipinski definition) is 4. The van der Waals surface area contributed by atoms with Crippen molar-refractivity contribution < 1.29 is 14.3 Å². The van der Waals surface area contributed by atoms with Crippen LogP contribution in [-0.2, 0) is 20.7 Å². The second kappa shape index (κ2) is 8.31. The number of nitrogens with two attached hydrogens (primary N) is 1. The maximum Gasteiger partial charge on any atom is 0.237 e. The third kappa shape index (κ3) is 4.45. The van der Waals surface area contributed by atoms with Crippen LogP contribution in [0.4, 0.5) is 0 Å². The van der Waals surface area contributed by atoms with E-state index in [0.717, 1.165) is 16.5 Å². The molecule has 2 heterocycles. The second-order valence-electron chi connectivity index (χ2n) is 5.48. The molecule has 1 aliphatic rings. The van der Waals surface area contributed by atoms with E-state index < -0.39 is 6.04 Å². The van der Waals surface area contributed by atoms with E-state index in [1.165, 1.54) is 0 Å². The number of nitrogens with one attached hydrogen (secondary N) is 2. The van der Waals surface area contributed by atoms with Gasteiger partial charge in [-0.3, -0.25) is 4.79 Å². The van der Waals surface area contributed by atoms with Crippen molar-refractivity contribution in [2.24, 2.45) is 5.73 Å². The summed E-state index contributed by atoms with van der Waals surface area (Å²) in [5.74, 6) is -0.167. The minimum Gasteiger partial charge on any atom is -0.376 e. The van der Waals surface area contributed by atoms with E-state index in [2.05, 4.69) is 10.3 Å². The number of rotatable bonds is 5. The highest BCUT2D eigenvalue weighted by Gasteiger charge is 2.19. The molecule has 1 saturated heterocycles. The highest BCUT2D eigenvalue weighted by atomic mass is 35.5. The normalized spacial score (nSPS) is 19.1. The van der Waals surface area contributed by atoms with Gasteiger partial charge >= 0.3 is 0 Å². The second-order valence-corrected chi connectivity index (χ2v) is 5.48. The molecule has 1 fully saturated rings. The largest absolute Gasteiger partial charge is 0.376 e. The number of aromatic amines is 1. The average molecular weight is 340 g/mol. The quantitative estimate of drug-likeness (QED) is 0.758. The SMILES string of the molecule is Cl.N[C@@H](Cc1c[nH]c2ccccc12)C(=O)NCC1COCCO1. The molecule has 1 aromatic heterocycles. The molecule has 2 aromatic rings. The van der Waals surface area contributed by atoms with E-state index in [-0.39, 0.29) is 24.4 Å². The summed E-state index contributed by atoms with van der Waals surface area (Å²) < 4.78 is 10.8. The number of benzene rings is 1. The molecule has 6 nitrogen and oxygen atoms in total. The molecule has 23 heavy (non-hydrogen) atoms. The third-order valence-corrected chi connectivity index (χ3v) is 3.84. The fraction of sp³-hybridized carbons (Fsp3) is 0.438. The fourth-order valence-corrected chi connectivity index (χ4v) is 2.63. The Morgan fingerprint density at radius 3 is 3.00 bits per heavy atom. The minimum atomic E-state index is -0.580. The maximum absolute atomic E-state index is 12.1. The summed E-state index contributed by atoms with van der Waals surface area (Å²) in [5, 5.41) is 3.94. The fourth-order valence-electron chi connectivity index (χ4n) is 2.63. The van der Waals surface area contributed by atoms with Gasteiger partial charge in [-0.1, -0.05) is 18.2 Å². The predicted octanol–water partition coefficient (Wildman–Crippen LogP) is 0.991. The molecule has 1 amide bonds. The lowest BCUT2D eigenvalue weighted by atomic mass is 10.1. The Morgan fingerprint density at radius 2 is 2.22 bits per heavy atom. The average Bonchev–Trinajstić information content (AvgIpc) is 2.97. The number of carbonyl (C=O) groups is 1. The highest BCUT2D eigenvalue weighted by Crippen LogP contribution is 2.18. The number of ether oxygens (including phenoxy) is 2. The van der Waals surface area contributed by atoms with E-state index in [1.54, 1.807) is 0 Å². The van der Waals surface area contributed by atoms with Crippen molar-refractivity contribution in [3.05, 3.63) is 36.0 Å². The lowest BCUT2D eigenvalue weighted by Crippen LogP contribution is -2.46. The number of para-hydroxylation sites is 1. The molecule has 0 radical (unpaired) electrons. The van der Waals surface area contributed by atoms with Gasteiger partial charge in [-0.2, -0.15) is 0 Å². The minimum absolute atomic E-state index is 0. The first kappa shape index (κ1) is 17.7. The summed E-state index contributed by atoms with van der Waals surface area (Å²) >= 11 is 0. The van der Waals surface area contributed by atoms with Crippen LogP contribution < -0.4 is 11.1 Å². The highest BCUT2D eigenvalue weighted by molar-refractivity contribution is 5.86. The number of aromatic nitrogens is 1. The van der Waals surface area contributed by atoms with Gasteiger partial charge in [-0.05, 0) is 18.1 Å². The molecule has 0 aliphatic carbocycles. The number of H-pyrrole nitrogens is 1. The number of carbonyl (C=O) groups excluding carboxylic acids is 1. The zero-order valence-electron chi connectivity index (χ0n) is 12.8. The molecule has 0 bridgehead atoms. The van der Waals surface area contributed by atoms with Crippen LogP contribution in [0.2, 0.25) is 0 Å². The van der Waals surface area contributed by atoms with E-state index >= 15 is 0 Å². The monoisotopic (exact) mass is 339 g/mol. The Balaban J connectivity index is 0.00000192. The summed E-state index contributed by atoms with van der Waals surface area (Å²) in [4.78, 5) is 15.3. The van der Waals surface area contributed by atoms with Crippen LogP contribution in [0.25, 0.3) is 10.9 Å². The summed E-state index contributed by atoms with van der Waals surface area (Å²) in [6, 6.07) is 7.40. The zero-order chi connectivity index (χ0) is 15.4. The third-order valence-electron chi connectivity index (χ3n) is 3.84. The Labute approximate surface area is 141 Å². The van der Waals surface area contributed by atoms with Gasteiger partial charge < -0.3 is 25.5 Å². The molecule has 4 N–H and O–H groups in total. The first-order valence-electron chi connectivity index (χ1n) is 7.51. The summed E-state index contributed by atoms with van der Waals surface area (Å²) in [7, 11) is 0. The number of hydrogen-bond donors (Lipinski definition) is 3. The van der Waals surface area contributed by atoms with Crippen molar-refractivity contribution in [2.75, 3.05) is 26.4 Å². The maximum atomic E-state index is 12.1. The van der Waals surface area contributed by atoms with Gasteiger partial charge in [0.15, 0.2) is 0 Å². The van der Waals surface area contributed by atoms with Crippen molar-refractivity contribution in [3.8, 4) is 0 Å². The Kier molecular flexibility index (Phi) is 6.41. The van der Waals surface area contributed by atoms with Gasteiger partial charge in [-0.15, -0.1) is 12.4 Å². The lowest BCUT2D eigenvalue weighted by Gasteiger charge is -2.23. The molecular weight excluding hydrogens is 318 g/mol. The number of fused-ring (bicyclic) bond motifs is 1. The molecule has 0 saturated carbocycles. The standard InChI is InChI=1S/C16H21N3O3.ClH/c17-14(16(20)19-9-12-10-21-5-6-22-12)7-11-8-18-15-4-2-1-3-13(11)15;/h1-4,8,12,14,18H,5-7,9-10,17H2,(H,19,20);1H/t12?,14-;/m0./s1. The molecule has 0 spiro atoms. The van der Waals surface area contributed by atoms with Gasteiger partial charge in [0, 0.05) is 23.6 Å². The van der Waals surface area contributed by atoms with E-state index in [1.807, 2.05) is 30.5 Å².